The fourth-order valence-corrected chi connectivity index (χ4v) is 2.62. The molecule has 126 valence electrons. The molecule has 0 bridgehead atoms. The van der Waals surface area contributed by atoms with Crippen molar-refractivity contribution in [3.63, 3.8) is 0 Å². The van der Waals surface area contributed by atoms with Crippen molar-refractivity contribution in [1.29, 1.82) is 0 Å². The molecule has 2 N–H and O–H groups in total. The molecule has 0 radical (unpaired) electrons. The zero-order chi connectivity index (χ0) is 16.9. The molecular weight excluding hydrogens is 290 g/mol. The first-order valence-corrected chi connectivity index (χ1v) is 8.16. The van der Waals surface area contributed by atoms with E-state index in [1.54, 1.807) is 0 Å². The highest BCUT2D eigenvalue weighted by molar-refractivity contribution is 5.87. The molecule has 0 saturated carbocycles. The maximum Gasteiger partial charge on any atom is 0.325 e. The predicted molar refractivity (Wildman–Crippen MR) is 92.2 cm³/mol. The number of esters is 1. The van der Waals surface area contributed by atoms with Crippen molar-refractivity contribution in [3.8, 4) is 0 Å². The number of hydrogen-bond donors (Lipinski definition) is 1. The highest BCUT2D eigenvalue weighted by Crippen LogP contribution is 2.21. The fraction of sp³-hybridized carbons (Fsp3) is 0.556. The zero-order valence-electron chi connectivity index (χ0n) is 14.3. The molecule has 0 amide bonds. The quantitative estimate of drug-likeness (QED) is 0.847. The van der Waals surface area contributed by atoms with E-state index in [4.69, 9.17) is 10.5 Å². The maximum atomic E-state index is 12.1. The molecule has 0 aromatic heterocycles. The topological polar surface area (TPSA) is 67.9 Å². The Morgan fingerprint density at radius 1 is 1.39 bits per heavy atom. The number of rotatable bonds is 5. The molecule has 5 heteroatoms. The van der Waals surface area contributed by atoms with Crippen molar-refractivity contribution < 1.29 is 9.53 Å². The summed E-state index contributed by atoms with van der Waals surface area (Å²) in [6, 6.07) is 9.88. The molecule has 1 fully saturated rings. The van der Waals surface area contributed by atoms with Gasteiger partial charge in [-0.3, -0.25) is 9.79 Å². The molecular formula is C18H27N3O2. The zero-order valence-corrected chi connectivity index (χ0v) is 14.3. The third kappa shape index (κ3) is 5.67. The Morgan fingerprint density at radius 2 is 2.09 bits per heavy atom. The summed E-state index contributed by atoms with van der Waals surface area (Å²) in [5, 5.41) is 0. The summed E-state index contributed by atoms with van der Waals surface area (Å²) in [5.41, 5.74) is 6.99. The van der Waals surface area contributed by atoms with Crippen molar-refractivity contribution in [2.75, 3.05) is 13.1 Å². The second kappa shape index (κ2) is 7.59. The Labute approximate surface area is 138 Å². The Bertz CT molecular complexity index is 553. The van der Waals surface area contributed by atoms with E-state index in [2.05, 4.69) is 4.99 Å². The van der Waals surface area contributed by atoms with E-state index >= 15 is 0 Å². The molecule has 1 aliphatic heterocycles. The van der Waals surface area contributed by atoms with Gasteiger partial charge in [-0.1, -0.05) is 30.3 Å². The number of benzene rings is 1. The lowest BCUT2D eigenvalue weighted by Gasteiger charge is -2.38. The molecule has 2 rings (SSSR count). The van der Waals surface area contributed by atoms with Crippen LogP contribution in [0.25, 0.3) is 0 Å². The minimum absolute atomic E-state index is 0.182. The third-order valence-electron chi connectivity index (χ3n) is 3.85. The van der Waals surface area contributed by atoms with Gasteiger partial charge in [-0.05, 0) is 32.8 Å². The summed E-state index contributed by atoms with van der Waals surface area (Å²) < 4.78 is 5.37. The Balaban J connectivity index is 1.93. The van der Waals surface area contributed by atoms with E-state index in [-0.39, 0.29) is 24.1 Å². The first-order valence-electron chi connectivity index (χ1n) is 8.16. The van der Waals surface area contributed by atoms with E-state index in [1.165, 1.54) is 0 Å². The van der Waals surface area contributed by atoms with Gasteiger partial charge in [0, 0.05) is 24.5 Å². The first kappa shape index (κ1) is 17.5. The van der Waals surface area contributed by atoms with Crippen LogP contribution in [-0.2, 0) is 16.1 Å². The van der Waals surface area contributed by atoms with Gasteiger partial charge in [0.1, 0.15) is 19.0 Å². The molecule has 1 saturated heterocycles. The SMILES string of the molecule is CC(C)N=C1CC(C)(N)CCN1CC(=O)OCc1ccccc1. The van der Waals surface area contributed by atoms with E-state index in [0.29, 0.717) is 13.0 Å². The second-order valence-electron chi connectivity index (χ2n) is 6.79. The smallest absolute Gasteiger partial charge is 0.325 e. The second-order valence-corrected chi connectivity index (χ2v) is 6.79. The number of likely N-dealkylation sites (tertiary alicyclic amines) is 1. The van der Waals surface area contributed by atoms with Crippen LogP contribution in [0.1, 0.15) is 39.2 Å². The largest absolute Gasteiger partial charge is 0.459 e. The number of piperidine rings is 1. The molecule has 23 heavy (non-hydrogen) atoms. The van der Waals surface area contributed by atoms with Crippen molar-refractivity contribution in [2.45, 2.75) is 51.8 Å². The fourth-order valence-electron chi connectivity index (χ4n) is 2.62. The summed E-state index contributed by atoms with van der Waals surface area (Å²) >= 11 is 0. The van der Waals surface area contributed by atoms with Crippen LogP contribution in [0.4, 0.5) is 0 Å². The molecule has 1 aromatic rings. The lowest BCUT2D eigenvalue weighted by Crippen LogP contribution is -2.52. The van der Waals surface area contributed by atoms with E-state index in [0.717, 1.165) is 24.4 Å². The van der Waals surface area contributed by atoms with Gasteiger partial charge in [-0.25, -0.2) is 0 Å². The van der Waals surface area contributed by atoms with Crippen LogP contribution in [-0.4, -0.2) is 41.4 Å². The van der Waals surface area contributed by atoms with Gasteiger partial charge in [0.25, 0.3) is 0 Å². The molecule has 1 unspecified atom stereocenters. The summed E-state index contributed by atoms with van der Waals surface area (Å²) in [4.78, 5) is 18.8. The van der Waals surface area contributed by atoms with Crippen LogP contribution in [0, 0.1) is 0 Å². The van der Waals surface area contributed by atoms with Gasteiger partial charge >= 0.3 is 5.97 Å². The van der Waals surface area contributed by atoms with Crippen LogP contribution < -0.4 is 5.73 Å². The van der Waals surface area contributed by atoms with Crippen LogP contribution in [0.5, 0.6) is 0 Å². The Hall–Kier alpha value is -1.88. The molecule has 5 nitrogen and oxygen atoms in total. The van der Waals surface area contributed by atoms with Crippen molar-refractivity contribution >= 4 is 11.8 Å². The third-order valence-corrected chi connectivity index (χ3v) is 3.85. The molecule has 0 spiro atoms. The first-order chi connectivity index (χ1) is 10.9. The summed E-state index contributed by atoms with van der Waals surface area (Å²) in [6.07, 6.45) is 1.53. The number of amidine groups is 1. The molecule has 1 aromatic carbocycles. The van der Waals surface area contributed by atoms with E-state index < -0.39 is 0 Å². The number of ether oxygens (including phenoxy) is 1. The van der Waals surface area contributed by atoms with Gasteiger partial charge in [-0.15, -0.1) is 0 Å². The standard InChI is InChI=1S/C18H27N3O2/c1-14(2)20-16-11-18(3,19)9-10-21(16)12-17(22)23-13-15-7-5-4-6-8-15/h4-8,14H,9-13,19H2,1-3H3. The number of nitrogens with two attached hydrogens (primary N) is 1. The Morgan fingerprint density at radius 3 is 2.74 bits per heavy atom. The average molecular weight is 317 g/mol. The molecule has 1 heterocycles. The minimum atomic E-state index is -0.252. The van der Waals surface area contributed by atoms with Crippen LogP contribution in [0.2, 0.25) is 0 Å². The normalized spacial score (nSPS) is 23.3. The highest BCUT2D eigenvalue weighted by Gasteiger charge is 2.31. The number of hydrogen-bond acceptors (Lipinski definition) is 4. The van der Waals surface area contributed by atoms with Crippen LogP contribution in [0.3, 0.4) is 0 Å². The number of carbonyl (C=O) groups excluding carboxylic acids is 1. The number of aliphatic imine (C=N–C) groups is 1. The van der Waals surface area contributed by atoms with Gasteiger partial charge in [0.05, 0.1) is 0 Å². The maximum absolute atomic E-state index is 12.1. The Kier molecular flexibility index (Phi) is 5.77. The lowest BCUT2D eigenvalue weighted by molar-refractivity contribution is -0.145. The monoisotopic (exact) mass is 317 g/mol. The number of carbonyl (C=O) groups is 1. The summed E-state index contributed by atoms with van der Waals surface area (Å²) in [7, 11) is 0. The van der Waals surface area contributed by atoms with E-state index in [9.17, 15) is 4.79 Å². The van der Waals surface area contributed by atoms with Crippen LogP contribution >= 0.6 is 0 Å². The predicted octanol–water partition coefficient (Wildman–Crippen LogP) is 2.35. The van der Waals surface area contributed by atoms with Crippen molar-refractivity contribution in [1.82, 2.24) is 4.90 Å². The highest BCUT2D eigenvalue weighted by atomic mass is 16.5. The van der Waals surface area contributed by atoms with Gasteiger partial charge in [0.15, 0.2) is 0 Å². The van der Waals surface area contributed by atoms with Gasteiger partial charge in [0.2, 0.25) is 0 Å². The van der Waals surface area contributed by atoms with Crippen LogP contribution in [0.15, 0.2) is 35.3 Å². The molecule has 1 aliphatic rings. The lowest BCUT2D eigenvalue weighted by atomic mass is 9.90. The van der Waals surface area contributed by atoms with Gasteiger partial charge in [-0.2, -0.15) is 0 Å². The minimum Gasteiger partial charge on any atom is -0.459 e. The van der Waals surface area contributed by atoms with Crippen molar-refractivity contribution in [3.05, 3.63) is 35.9 Å². The molecule has 1 atom stereocenters. The molecule has 0 aliphatic carbocycles. The average Bonchev–Trinajstić information content (AvgIpc) is 2.48. The summed E-state index contributed by atoms with van der Waals surface area (Å²) in [6.45, 7) is 7.36. The summed E-state index contributed by atoms with van der Waals surface area (Å²) in [5.74, 6) is 0.679. The van der Waals surface area contributed by atoms with Gasteiger partial charge < -0.3 is 15.4 Å². The van der Waals surface area contributed by atoms with Crippen molar-refractivity contribution in [2.24, 2.45) is 10.7 Å². The van der Waals surface area contributed by atoms with E-state index in [1.807, 2.05) is 56.0 Å². The number of nitrogens with zero attached hydrogens (tertiary/aromatic N) is 2.